The second kappa shape index (κ2) is 5.78. The van der Waals surface area contributed by atoms with Crippen molar-refractivity contribution >= 4 is 40.0 Å². The molecule has 0 amide bonds. The number of aryl methyl sites for hydroxylation is 1. The molecule has 0 radical (unpaired) electrons. The Hall–Kier alpha value is -0.680. The van der Waals surface area contributed by atoms with E-state index >= 15 is 0 Å². The Kier molecular flexibility index (Phi) is 4.34. The van der Waals surface area contributed by atoms with E-state index in [2.05, 4.69) is 59.0 Å². The summed E-state index contributed by atoms with van der Waals surface area (Å²) in [4.78, 5) is 1.17. The van der Waals surface area contributed by atoms with E-state index in [4.69, 9.17) is 5.73 Å². The highest BCUT2D eigenvalue weighted by atomic mass is 127. The maximum Gasteiger partial charge on any atom is 0.0482 e. The zero-order valence-electron chi connectivity index (χ0n) is 9.61. The molecule has 0 aromatic heterocycles. The fourth-order valence-corrected chi connectivity index (χ4v) is 2.89. The van der Waals surface area contributed by atoms with Crippen molar-refractivity contribution in [1.29, 1.82) is 0 Å². The number of hydrogen-bond acceptors (Lipinski definition) is 2. The molecule has 88 valence electrons. The van der Waals surface area contributed by atoms with E-state index in [1.165, 1.54) is 14.0 Å². The lowest BCUT2D eigenvalue weighted by atomic mass is 10.2. The van der Waals surface area contributed by atoms with Crippen molar-refractivity contribution < 1.29 is 0 Å². The van der Waals surface area contributed by atoms with Gasteiger partial charge in [0.05, 0.1) is 0 Å². The summed E-state index contributed by atoms with van der Waals surface area (Å²) < 4.78 is 1.27. The van der Waals surface area contributed by atoms with Gasteiger partial charge in [0.1, 0.15) is 0 Å². The summed E-state index contributed by atoms with van der Waals surface area (Å²) in [6.07, 6.45) is 0. The van der Waals surface area contributed by atoms with Crippen molar-refractivity contribution in [2.75, 3.05) is 5.73 Å². The third-order valence-electron chi connectivity index (χ3n) is 2.59. The van der Waals surface area contributed by atoms with Crippen LogP contribution in [-0.2, 0) is 5.75 Å². The van der Waals surface area contributed by atoms with Crippen molar-refractivity contribution in [2.24, 2.45) is 0 Å². The number of rotatable bonds is 3. The molecule has 0 fully saturated rings. The van der Waals surface area contributed by atoms with Crippen LogP contribution in [0.1, 0.15) is 11.1 Å². The van der Waals surface area contributed by atoms with Gasteiger partial charge in [-0.2, -0.15) is 0 Å². The van der Waals surface area contributed by atoms with Crippen molar-refractivity contribution in [3.05, 3.63) is 57.2 Å². The highest BCUT2D eigenvalue weighted by Crippen LogP contribution is 2.30. The summed E-state index contributed by atoms with van der Waals surface area (Å²) in [5.74, 6) is 0.963. The van der Waals surface area contributed by atoms with Crippen molar-refractivity contribution in [3.63, 3.8) is 0 Å². The molecule has 1 nitrogen and oxygen atoms in total. The Morgan fingerprint density at radius 1 is 1.12 bits per heavy atom. The molecule has 2 aromatic carbocycles. The van der Waals surface area contributed by atoms with Crippen LogP contribution in [0.25, 0.3) is 0 Å². The largest absolute Gasteiger partial charge is 0.398 e. The number of anilines is 1. The van der Waals surface area contributed by atoms with Crippen LogP contribution in [0.2, 0.25) is 0 Å². The van der Waals surface area contributed by atoms with Gasteiger partial charge in [-0.25, -0.2) is 0 Å². The van der Waals surface area contributed by atoms with Gasteiger partial charge >= 0.3 is 0 Å². The zero-order valence-corrected chi connectivity index (χ0v) is 12.6. The SMILES string of the molecule is Cc1cccc(SCc2ccc(I)cc2)c1N. The Morgan fingerprint density at radius 3 is 2.53 bits per heavy atom. The molecule has 0 spiro atoms. The van der Waals surface area contributed by atoms with E-state index in [9.17, 15) is 0 Å². The van der Waals surface area contributed by atoms with Gasteiger partial charge in [-0.3, -0.25) is 0 Å². The normalized spacial score (nSPS) is 10.5. The minimum atomic E-state index is 0.906. The van der Waals surface area contributed by atoms with Crippen molar-refractivity contribution in [3.8, 4) is 0 Å². The van der Waals surface area contributed by atoms with Crippen LogP contribution >= 0.6 is 34.4 Å². The number of halogens is 1. The lowest BCUT2D eigenvalue weighted by molar-refractivity contribution is 1.34. The zero-order chi connectivity index (χ0) is 12.3. The van der Waals surface area contributed by atoms with E-state index in [1.54, 1.807) is 11.8 Å². The standard InChI is InChI=1S/C14H14INS/c1-10-3-2-4-13(14(10)16)17-9-11-5-7-12(15)8-6-11/h2-8H,9,16H2,1H3. The Balaban J connectivity index is 2.07. The fraction of sp³-hybridized carbons (Fsp3) is 0.143. The number of benzene rings is 2. The van der Waals surface area contributed by atoms with Gasteiger partial charge in [-0.15, -0.1) is 11.8 Å². The lowest BCUT2D eigenvalue weighted by Crippen LogP contribution is -1.92. The third kappa shape index (κ3) is 3.39. The van der Waals surface area contributed by atoms with E-state index in [0.717, 1.165) is 17.0 Å². The molecular formula is C14H14INS. The first-order chi connectivity index (χ1) is 8.16. The van der Waals surface area contributed by atoms with Crippen molar-refractivity contribution in [2.45, 2.75) is 17.6 Å². The summed E-state index contributed by atoms with van der Waals surface area (Å²) in [7, 11) is 0. The molecule has 0 saturated carbocycles. The van der Waals surface area contributed by atoms with Crippen LogP contribution in [-0.4, -0.2) is 0 Å². The van der Waals surface area contributed by atoms with Crippen LogP contribution in [0.4, 0.5) is 5.69 Å². The first-order valence-corrected chi connectivity index (χ1v) is 7.45. The van der Waals surface area contributed by atoms with Crippen LogP contribution in [0.3, 0.4) is 0 Å². The highest BCUT2D eigenvalue weighted by molar-refractivity contribution is 14.1. The molecule has 0 aliphatic rings. The summed E-state index contributed by atoms with van der Waals surface area (Å²) in [6, 6.07) is 14.8. The molecule has 2 rings (SSSR count). The molecule has 3 heteroatoms. The molecule has 2 N–H and O–H groups in total. The second-order valence-corrected chi connectivity index (χ2v) is 6.16. The van der Waals surface area contributed by atoms with Crippen LogP contribution in [0, 0.1) is 10.5 Å². The molecule has 0 atom stereocenters. The molecule has 0 aliphatic heterocycles. The molecule has 0 bridgehead atoms. The lowest BCUT2D eigenvalue weighted by Gasteiger charge is -2.07. The predicted octanol–water partition coefficient (Wildman–Crippen LogP) is 4.47. The quantitative estimate of drug-likeness (QED) is 0.499. The molecule has 2 aromatic rings. The van der Waals surface area contributed by atoms with Gasteiger partial charge in [-0.05, 0) is 58.8 Å². The molecule has 0 saturated heterocycles. The molecule has 0 unspecified atom stereocenters. The Bertz CT molecular complexity index is 508. The van der Waals surface area contributed by atoms with E-state index in [-0.39, 0.29) is 0 Å². The van der Waals surface area contributed by atoms with E-state index < -0.39 is 0 Å². The Morgan fingerprint density at radius 2 is 1.82 bits per heavy atom. The number of thioether (sulfide) groups is 1. The number of nitrogens with two attached hydrogens (primary N) is 1. The van der Waals surface area contributed by atoms with Gasteiger partial charge in [0, 0.05) is 19.9 Å². The second-order valence-electron chi connectivity index (χ2n) is 3.90. The van der Waals surface area contributed by atoms with Crippen LogP contribution in [0.5, 0.6) is 0 Å². The number of hydrogen-bond donors (Lipinski definition) is 1. The summed E-state index contributed by atoms with van der Waals surface area (Å²) in [5.41, 5.74) is 9.43. The third-order valence-corrected chi connectivity index (χ3v) is 4.46. The summed E-state index contributed by atoms with van der Waals surface area (Å²) in [5, 5.41) is 0. The van der Waals surface area contributed by atoms with Gasteiger partial charge in [0.25, 0.3) is 0 Å². The smallest absolute Gasteiger partial charge is 0.0482 e. The number of para-hydroxylation sites is 1. The maximum atomic E-state index is 6.05. The van der Waals surface area contributed by atoms with Crippen LogP contribution < -0.4 is 5.73 Å². The monoisotopic (exact) mass is 355 g/mol. The summed E-state index contributed by atoms with van der Waals surface area (Å²) in [6.45, 7) is 2.05. The van der Waals surface area contributed by atoms with Crippen LogP contribution in [0.15, 0.2) is 47.4 Å². The molecule has 0 heterocycles. The van der Waals surface area contributed by atoms with Crippen molar-refractivity contribution in [1.82, 2.24) is 0 Å². The maximum absolute atomic E-state index is 6.05. The first-order valence-electron chi connectivity index (χ1n) is 5.39. The molecule has 17 heavy (non-hydrogen) atoms. The van der Waals surface area contributed by atoms with Gasteiger partial charge in [-0.1, -0.05) is 24.3 Å². The van der Waals surface area contributed by atoms with E-state index in [1.807, 2.05) is 13.0 Å². The minimum absolute atomic E-state index is 0.906. The van der Waals surface area contributed by atoms with Gasteiger partial charge in [0.2, 0.25) is 0 Å². The average molecular weight is 355 g/mol. The first kappa shape index (κ1) is 12.8. The topological polar surface area (TPSA) is 26.0 Å². The minimum Gasteiger partial charge on any atom is -0.398 e. The van der Waals surface area contributed by atoms with E-state index in [0.29, 0.717) is 0 Å². The van der Waals surface area contributed by atoms with Gasteiger partial charge in [0.15, 0.2) is 0 Å². The Labute approximate surface area is 120 Å². The summed E-state index contributed by atoms with van der Waals surface area (Å²) >= 11 is 4.11. The fourth-order valence-electron chi connectivity index (χ4n) is 1.52. The highest BCUT2D eigenvalue weighted by Gasteiger charge is 2.02. The predicted molar refractivity (Wildman–Crippen MR) is 84.3 cm³/mol. The number of nitrogen functional groups attached to an aromatic ring is 1. The molecule has 0 aliphatic carbocycles. The molecular weight excluding hydrogens is 341 g/mol. The van der Waals surface area contributed by atoms with Gasteiger partial charge < -0.3 is 5.73 Å². The average Bonchev–Trinajstić information content (AvgIpc) is 2.33.